The molecule has 0 radical (unpaired) electrons. The van der Waals surface area contributed by atoms with Crippen LogP contribution in [0.1, 0.15) is 35.0 Å². The number of aryl methyl sites for hydroxylation is 1. The quantitative estimate of drug-likeness (QED) is 0.937. The van der Waals surface area contributed by atoms with Crippen molar-refractivity contribution in [2.24, 2.45) is 0 Å². The van der Waals surface area contributed by atoms with E-state index in [1.807, 2.05) is 13.1 Å². The molecule has 1 aliphatic carbocycles. The summed E-state index contributed by atoms with van der Waals surface area (Å²) in [6.45, 7) is 0.521. The van der Waals surface area contributed by atoms with Crippen molar-refractivity contribution in [3.8, 4) is 0 Å². The van der Waals surface area contributed by atoms with Gasteiger partial charge in [0.05, 0.1) is 12.3 Å². The zero-order valence-corrected chi connectivity index (χ0v) is 12.6. The van der Waals surface area contributed by atoms with E-state index >= 15 is 0 Å². The summed E-state index contributed by atoms with van der Waals surface area (Å²) in [5, 5.41) is 3.12. The van der Waals surface area contributed by atoms with Crippen LogP contribution in [0.15, 0.2) is 30.3 Å². The van der Waals surface area contributed by atoms with E-state index in [9.17, 15) is 0 Å². The smallest absolute Gasteiger partial charge is 0.134 e. The Balaban J connectivity index is 1.89. The largest absolute Gasteiger partial charge is 0.378 e. The fraction of sp³-hybridized carbons (Fsp3) is 0.412. The van der Waals surface area contributed by atoms with E-state index in [1.165, 1.54) is 11.1 Å². The topological polar surface area (TPSA) is 47.0 Å². The van der Waals surface area contributed by atoms with Crippen LogP contribution in [0, 0.1) is 0 Å². The molecule has 1 N–H and O–H groups in total. The highest BCUT2D eigenvalue weighted by atomic mass is 16.5. The maximum Gasteiger partial charge on any atom is 0.134 e. The number of ether oxygens (including phenoxy) is 1. The molecule has 21 heavy (non-hydrogen) atoms. The summed E-state index contributed by atoms with van der Waals surface area (Å²) in [5.74, 6) is 2.19. The molecule has 1 atom stereocenters. The minimum atomic E-state index is 0.392. The maximum atomic E-state index is 5.21. The molecular formula is C17H21N3O. The first-order chi connectivity index (χ1) is 10.3. The van der Waals surface area contributed by atoms with Crippen molar-refractivity contribution < 1.29 is 4.74 Å². The third-order valence-electron chi connectivity index (χ3n) is 4.06. The number of rotatable bonds is 4. The van der Waals surface area contributed by atoms with Gasteiger partial charge in [-0.2, -0.15) is 0 Å². The lowest BCUT2D eigenvalue weighted by molar-refractivity contribution is 0.181. The predicted octanol–water partition coefficient (Wildman–Crippen LogP) is 2.94. The van der Waals surface area contributed by atoms with Crippen LogP contribution in [0.2, 0.25) is 0 Å². The Hall–Kier alpha value is -1.94. The Kier molecular flexibility index (Phi) is 4.15. The molecule has 1 unspecified atom stereocenters. The minimum absolute atomic E-state index is 0.392. The third-order valence-corrected chi connectivity index (χ3v) is 4.06. The van der Waals surface area contributed by atoms with Crippen LogP contribution in [0.3, 0.4) is 0 Å². The van der Waals surface area contributed by atoms with Crippen LogP contribution in [0.25, 0.3) is 0 Å². The number of nitrogens with zero attached hydrogens (tertiary/aromatic N) is 2. The number of nitrogens with one attached hydrogen (secondary N) is 1. The van der Waals surface area contributed by atoms with E-state index in [0.29, 0.717) is 12.5 Å². The van der Waals surface area contributed by atoms with Gasteiger partial charge in [0, 0.05) is 26.1 Å². The van der Waals surface area contributed by atoms with Gasteiger partial charge in [-0.3, -0.25) is 0 Å². The summed E-state index contributed by atoms with van der Waals surface area (Å²) >= 11 is 0. The molecule has 4 nitrogen and oxygen atoms in total. The number of anilines is 1. The normalized spacial score (nSPS) is 17.3. The molecule has 0 saturated carbocycles. The molecule has 0 aliphatic heterocycles. The molecule has 1 aromatic heterocycles. The Morgan fingerprint density at radius 1 is 1.24 bits per heavy atom. The van der Waals surface area contributed by atoms with E-state index in [-0.39, 0.29) is 0 Å². The summed E-state index contributed by atoms with van der Waals surface area (Å²) in [6, 6.07) is 10.6. The van der Waals surface area contributed by atoms with Crippen molar-refractivity contribution >= 4 is 5.82 Å². The molecule has 1 aromatic carbocycles. The van der Waals surface area contributed by atoms with Crippen molar-refractivity contribution in [1.82, 2.24) is 9.97 Å². The van der Waals surface area contributed by atoms with Crippen LogP contribution < -0.4 is 5.32 Å². The molecule has 3 rings (SSSR count). The van der Waals surface area contributed by atoms with Crippen molar-refractivity contribution in [2.75, 3.05) is 19.5 Å². The number of hydrogen-bond donors (Lipinski definition) is 1. The third kappa shape index (κ3) is 3.05. The minimum Gasteiger partial charge on any atom is -0.378 e. The summed E-state index contributed by atoms with van der Waals surface area (Å²) in [7, 11) is 3.58. The molecule has 0 bridgehead atoms. The van der Waals surface area contributed by atoms with E-state index in [1.54, 1.807) is 7.11 Å². The second-order valence-corrected chi connectivity index (χ2v) is 5.49. The molecule has 1 aliphatic rings. The SMILES string of the molecule is CNc1cc(COC)nc(C2CCc3ccccc3C2)n1. The van der Waals surface area contributed by atoms with Gasteiger partial charge in [-0.15, -0.1) is 0 Å². The van der Waals surface area contributed by atoms with E-state index < -0.39 is 0 Å². The van der Waals surface area contributed by atoms with Gasteiger partial charge in [0.15, 0.2) is 0 Å². The summed E-state index contributed by atoms with van der Waals surface area (Å²) in [5.41, 5.74) is 3.84. The van der Waals surface area contributed by atoms with Gasteiger partial charge in [-0.1, -0.05) is 24.3 Å². The van der Waals surface area contributed by atoms with E-state index in [0.717, 1.165) is 36.6 Å². The van der Waals surface area contributed by atoms with Crippen LogP contribution in [0.5, 0.6) is 0 Å². The lowest BCUT2D eigenvalue weighted by Gasteiger charge is -2.24. The van der Waals surface area contributed by atoms with Gasteiger partial charge >= 0.3 is 0 Å². The number of fused-ring (bicyclic) bond motifs is 1. The standard InChI is InChI=1S/C17H21N3O/c1-18-16-10-15(11-21-2)19-17(20-16)14-8-7-12-5-3-4-6-13(12)9-14/h3-6,10,14H,7-9,11H2,1-2H3,(H,18,19,20). The average molecular weight is 283 g/mol. The fourth-order valence-corrected chi connectivity index (χ4v) is 2.97. The number of aromatic nitrogens is 2. The summed E-state index contributed by atoms with van der Waals surface area (Å²) < 4.78 is 5.21. The first-order valence-electron chi connectivity index (χ1n) is 7.41. The van der Waals surface area contributed by atoms with E-state index in [2.05, 4.69) is 34.6 Å². The second kappa shape index (κ2) is 6.22. The Morgan fingerprint density at radius 3 is 2.81 bits per heavy atom. The zero-order chi connectivity index (χ0) is 14.7. The van der Waals surface area contributed by atoms with Gasteiger partial charge in [0.2, 0.25) is 0 Å². The molecular weight excluding hydrogens is 262 g/mol. The van der Waals surface area contributed by atoms with Crippen LogP contribution in [-0.2, 0) is 24.2 Å². The predicted molar refractivity (Wildman–Crippen MR) is 83.5 cm³/mol. The van der Waals surface area contributed by atoms with Gasteiger partial charge in [0.1, 0.15) is 11.6 Å². The number of methoxy groups -OCH3 is 1. The lowest BCUT2D eigenvalue weighted by atomic mass is 9.83. The van der Waals surface area contributed by atoms with Crippen molar-refractivity contribution in [2.45, 2.75) is 31.8 Å². The zero-order valence-electron chi connectivity index (χ0n) is 12.6. The van der Waals surface area contributed by atoms with Gasteiger partial charge in [0.25, 0.3) is 0 Å². The van der Waals surface area contributed by atoms with Gasteiger partial charge in [-0.25, -0.2) is 9.97 Å². The lowest BCUT2D eigenvalue weighted by Crippen LogP contribution is -2.16. The van der Waals surface area contributed by atoms with E-state index in [4.69, 9.17) is 9.72 Å². The molecule has 1 heterocycles. The molecule has 0 spiro atoms. The highest BCUT2D eigenvalue weighted by molar-refractivity contribution is 5.37. The first kappa shape index (κ1) is 14.0. The average Bonchev–Trinajstić information content (AvgIpc) is 2.54. The van der Waals surface area contributed by atoms with Crippen molar-refractivity contribution in [3.63, 3.8) is 0 Å². The van der Waals surface area contributed by atoms with Crippen LogP contribution in [0.4, 0.5) is 5.82 Å². The Bertz CT molecular complexity index is 627. The highest BCUT2D eigenvalue weighted by Crippen LogP contribution is 2.31. The molecule has 110 valence electrons. The molecule has 0 fully saturated rings. The van der Waals surface area contributed by atoms with Crippen LogP contribution in [-0.4, -0.2) is 24.1 Å². The summed E-state index contributed by atoms with van der Waals surface area (Å²) in [4.78, 5) is 9.34. The Labute approximate surface area is 125 Å². The monoisotopic (exact) mass is 283 g/mol. The van der Waals surface area contributed by atoms with Crippen molar-refractivity contribution in [1.29, 1.82) is 0 Å². The summed E-state index contributed by atoms with van der Waals surface area (Å²) in [6.07, 6.45) is 3.24. The highest BCUT2D eigenvalue weighted by Gasteiger charge is 2.22. The fourth-order valence-electron chi connectivity index (χ4n) is 2.97. The molecule has 2 aromatic rings. The number of benzene rings is 1. The Morgan fingerprint density at radius 2 is 2.05 bits per heavy atom. The first-order valence-corrected chi connectivity index (χ1v) is 7.41. The maximum absolute atomic E-state index is 5.21. The van der Waals surface area contributed by atoms with Gasteiger partial charge < -0.3 is 10.1 Å². The van der Waals surface area contributed by atoms with Crippen molar-refractivity contribution in [3.05, 3.63) is 53.0 Å². The van der Waals surface area contributed by atoms with Crippen LogP contribution >= 0.6 is 0 Å². The molecule has 4 heteroatoms. The number of hydrogen-bond acceptors (Lipinski definition) is 4. The van der Waals surface area contributed by atoms with Gasteiger partial charge in [-0.05, 0) is 30.4 Å². The second-order valence-electron chi connectivity index (χ2n) is 5.49. The molecule has 0 amide bonds. The molecule has 0 saturated heterocycles.